The average Bonchev–Trinajstić information content (AvgIpc) is 2.56. The molecule has 0 spiro atoms. The van der Waals surface area contributed by atoms with Crippen molar-refractivity contribution < 1.29 is 23.5 Å². The first-order valence-electron chi connectivity index (χ1n) is 4.20. The molecule has 0 aromatic heterocycles. The molecule has 1 saturated carbocycles. The maximum atomic E-state index is 12.5. The molecule has 1 rings (SSSR count). The maximum Gasteiger partial charge on any atom is 0.326 e. The van der Waals surface area contributed by atoms with E-state index in [-0.39, 0.29) is 12.8 Å². The molecule has 2 atom stereocenters. The first-order valence-corrected chi connectivity index (χ1v) is 4.20. The Bertz CT molecular complexity index is 267. The standard InChI is InChI=1S/C8H11F2NO3/c1-4(12)11-6(7(13)14)2-5-3-8(5,9)10/h5-6H,2-3H2,1H3,(H,11,12)(H,13,14)/t5?,6-/m0/s1. The van der Waals surface area contributed by atoms with Crippen molar-refractivity contribution in [1.82, 2.24) is 5.32 Å². The molecule has 2 N–H and O–H groups in total. The van der Waals surface area contributed by atoms with Crippen molar-refractivity contribution in [1.29, 1.82) is 0 Å². The number of nitrogens with one attached hydrogen (secondary N) is 1. The van der Waals surface area contributed by atoms with Crippen LogP contribution in [0.25, 0.3) is 0 Å². The van der Waals surface area contributed by atoms with Crippen LogP contribution >= 0.6 is 0 Å². The number of rotatable bonds is 4. The van der Waals surface area contributed by atoms with Gasteiger partial charge < -0.3 is 10.4 Å². The van der Waals surface area contributed by atoms with E-state index in [0.29, 0.717) is 0 Å². The fourth-order valence-electron chi connectivity index (χ4n) is 1.28. The molecule has 6 heteroatoms. The van der Waals surface area contributed by atoms with Crippen LogP contribution in [0.1, 0.15) is 19.8 Å². The Morgan fingerprint density at radius 3 is 2.43 bits per heavy atom. The van der Waals surface area contributed by atoms with Crippen LogP contribution in [0.4, 0.5) is 8.78 Å². The predicted octanol–water partition coefficient (Wildman–Crippen LogP) is 0.621. The lowest BCUT2D eigenvalue weighted by Gasteiger charge is -2.12. The molecule has 1 fully saturated rings. The van der Waals surface area contributed by atoms with Crippen molar-refractivity contribution in [3.8, 4) is 0 Å². The molecule has 0 saturated heterocycles. The highest BCUT2D eigenvalue weighted by Crippen LogP contribution is 2.51. The van der Waals surface area contributed by atoms with Crippen molar-refractivity contribution >= 4 is 11.9 Å². The Hall–Kier alpha value is -1.20. The van der Waals surface area contributed by atoms with Crippen molar-refractivity contribution in [2.24, 2.45) is 5.92 Å². The first kappa shape index (κ1) is 10.9. The van der Waals surface area contributed by atoms with Gasteiger partial charge in [0.25, 0.3) is 5.92 Å². The maximum absolute atomic E-state index is 12.5. The number of hydrogen-bond donors (Lipinski definition) is 2. The smallest absolute Gasteiger partial charge is 0.326 e. The normalized spacial score (nSPS) is 25.2. The van der Waals surface area contributed by atoms with Crippen LogP contribution < -0.4 is 5.32 Å². The van der Waals surface area contributed by atoms with E-state index in [1.165, 1.54) is 0 Å². The monoisotopic (exact) mass is 207 g/mol. The molecule has 1 amide bonds. The van der Waals surface area contributed by atoms with Gasteiger partial charge in [-0.1, -0.05) is 0 Å². The van der Waals surface area contributed by atoms with E-state index in [2.05, 4.69) is 5.32 Å². The molecule has 14 heavy (non-hydrogen) atoms. The van der Waals surface area contributed by atoms with E-state index in [4.69, 9.17) is 5.11 Å². The summed E-state index contributed by atoms with van der Waals surface area (Å²) in [6, 6.07) is -1.20. The van der Waals surface area contributed by atoms with Crippen molar-refractivity contribution in [3.05, 3.63) is 0 Å². The lowest BCUT2D eigenvalue weighted by atomic mass is 10.1. The number of carboxylic acids is 1. The number of halogens is 2. The summed E-state index contributed by atoms with van der Waals surface area (Å²) in [5, 5.41) is 10.7. The third-order valence-corrected chi connectivity index (χ3v) is 2.15. The van der Waals surface area contributed by atoms with Gasteiger partial charge in [-0.3, -0.25) is 4.79 Å². The molecule has 1 unspecified atom stereocenters. The van der Waals surface area contributed by atoms with Gasteiger partial charge in [0.2, 0.25) is 5.91 Å². The summed E-state index contributed by atoms with van der Waals surface area (Å²) in [4.78, 5) is 21.1. The molecular weight excluding hydrogens is 196 g/mol. The summed E-state index contributed by atoms with van der Waals surface area (Å²) in [5.74, 6) is -5.45. The molecule has 0 bridgehead atoms. The number of hydrogen-bond acceptors (Lipinski definition) is 2. The second-order valence-corrected chi connectivity index (χ2v) is 3.49. The molecule has 1 aliphatic rings. The Morgan fingerprint density at radius 1 is 1.64 bits per heavy atom. The van der Waals surface area contributed by atoms with E-state index in [1.54, 1.807) is 0 Å². The van der Waals surface area contributed by atoms with Crippen LogP contribution in [0.5, 0.6) is 0 Å². The Balaban J connectivity index is 2.45. The molecule has 0 aliphatic heterocycles. The Morgan fingerprint density at radius 2 is 2.14 bits per heavy atom. The fraction of sp³-hybridized carbons (Fsp3) is 0.750. The lowest BCUT2D eigenvalue weighted by Crippen LogP contribution is -2.40. The van der Waals surface area contributed by atoms with Gasteiger partial charge in [-0.05, 0) is 6.42 Å². The van der Waals surface area contributed by atoms with Crippen LogP contribution in [0.15, 0.2) is 0 Å². The van der Waals surface area contributed by atoms with E-state index < -0.39 is 29.8 Å². The number of amides is 1. The minimum atomic E-state index is -2.74. The van der Waals surface area contributed by atoms with Crippen LogP contribution in [0.3, 0.4) is 0 Å². The van der Waals surface area contributed by atoms with Crippen molar-refractivity contribution in [3.63, 3.8) is 0 Å². The molecule has 0 aromatic rings. The van der Waals surface area contributed by atoms with Crippen LogP contribution in [-0.4, -0.2) is 28.9 Å². The van der Waals surface area contributed by atoms with E-state index in [1.807, 2.05) is 0 Å². The van der Waals surface area contributed by atoms with Gasteiger partial charge in [0.15, 0.2) is 0 Å². The van der Waals surface area contributed by atoms with Crippen LogP contribution in [-0.2, 0) is 9.59 Å². The van der Waals surface area contributed by atoms with E-state index in [9.17, 15) is 18.4 Å². The topological polar surface area (TPSA) is 66.4 Å². The second kappa shape index (κ2) is 3.51. The molecule has 80 valence electrons. The number of aliphatic carboxylic acids is 1. The zero-order valence-corrected chi connectivity index (χ0v) is 7.59. The average molecular weight is 207 g/mol. The van der Waals surface area contributed by atoms with Gasteiger partial charge >= 0.3 is 5.97 Å². The predicted molar refractivity (Wildman–Crippen MR) is 42.9 cm³/mol. The van der Waals surface area contributed by atoms with Gasteiger partial charge in [-0.2, -0.15) is 0 Å². The number of carbonyl (C=O) groups is 2. The lowest BCUT2D eigenvalue weighted by molar-refractivity contribution is -0.142. The molecule has 0 aromatic carbocycles. The third kappa shape index (κ3) is 2.65. The van der Waals surface area contributed by atoms with E-state index in [0.717, 1.165) is 6.92 Å². The summed E-state index contributed by atoms with van der Waals surface area (Å²) in [6.07, 6.45) is -0.488. The van der Waals surface area contributed by atoms with Gasteiger partial charge in [-0.25, -0.2) is 13.6 Å². The Kier molecular flexibility index (Phi) is 2.73. The Labute approximate surface area is 79.3 Å². The highest BCUT2D eigenvalue weighted by molar-refractivity contribution is 5.82. The summed E-state index contributed by atoms with van der Waals surface area (Å²) in [6.45, 7) is 1.15. The number of alkyl halides is 2. The third-order valence-electron chi connectivity index (χ3n) is 2.15. The quantitative estimate of drug-likeness (QED) is 0.710. The van der Waals surface area contributed by atoms with Gasteiger partial charge in [0.1, 0.15) is 6.04 Å². The zero-order valence-electron chi connectivity index (χ0n) is 7.59. The largest absolute Gasteiger partial charge is 0.480 e. The minimum Gasteiger partial charge on any atom is -0.480 e. The number of carboxylic acid groups (broad SMARTS) is 1. The fourth-order valence-corrected chi connectivity index (χ4v) is 1.28. The molecule has 1 aliphatic carbocycles. The molecule has 4 nitrogen and oxygen atoms in total. The van der Waals surface area contributed by atoms with E-state index >= 15 is 0 Å². The van der Waals surface area contributed by atoms with Crippen molar-refractivity contribution in [2.75, 3.05) is 0 Å². The number of carbonyl (C=O) groups excluding carboxylic acids is 1. The van der Waals surface area contributed by atoms with Gasteiger partial charge in [0.05, 0.1) is 0 Å². The second-order valence-electron chi connectivity index (χ2n) is 3.49. The summed E-state index contributed by atoms with van der Waals surface area (Å²) < 4.78 is 24.9. The first-order chi connectivity index (χ1) is 6.33. The summed E-state index contributed by atoms with van der Waals surface area (Å²) >= 11 is 0. The van der Waals surface area contributed by atoms with Crippen LogP contribution in [0.2, 0.25) is 0 Å². The van der Waals surface area contributed by atoms with Crippen LogP contribution in [0, 0.1) is 5.92 Å². The minimum absolute atomic E-state index is 0.206. The molecule has 0 radical (unpaired) electrons. The SMILES string of the molecule is CC(=O)N[C@@H](CC1CC1(F)F)C(=O)O. The summed E-state index contributed by atoms with van der Waals surface area (Å²) in [7, 11) is 0. The molecular formula is C8H11F2NO3. The highest BCUT2D eigenvalue weighted by Gasteiger charge is 2.57. The molecule has 0 heterocycles. The summed E-state index contributed by atoms with van der Waals surface area (Å²) in [5.41, 5.74) is 0. The van der Waals surface area contributed by atoms with Crippen molar-refractivity contribution in [2.45, 2.75) is 31.7 Å². The highest BCUT2D eigenvalue weighted by atomic mass is 19.3. The van der Waals surface area contributed by atoms with Gasteiger partial charge in [-0.15, -0.1) is 0 Å². The zero-order chi connectivity index (χ0) is 10.9. The van der Waals surface area contributed by atoms with Gasteiger partial charge in [0, 0.05) is 19.3 Å².